The normalized spacial score (nSPS) is 20.0. The number of hydrogen-bond acceptors (Lipinski definition) is 5. The summed E-state index contributed by atoms with van der Waals surface area (Å²) < 4.78 is 31.8. The SMILES string of the molecule is Cl.O=C1N[C@@H](c2cc(Br)cc([N+](=O)[O-])c2O)C(F)(F)CO1. The molecule has 0 unspecified atom stereocenters. The molecule has 0 aliphatic carbocycles. The van der Waals surface area contributed by atoms with E-state index >= 15 is 0 Å². The molecule has 1 aromatic rings. The molecule has 21 heavy (non-hydrogen) atoms. The van der Waals surface area contributed by atoms with Crippen molar-refractivity contribution in [3.05, 3.63) is 32.3 Å². The lowest BCUT2D eigenvalue weighted by atomic mass is 9.98. The zero-order valence-corrected chi connectivity index (χ0v) is 12.4. The number of ether oxygens (including phenoxy) is 1. The predicted molar refractivity (Wildman–Crippen MR) is 71.9 cm³/mol. The van der Waals surface area contributed by atoms with Gasteiger partial charge in [-0.2, -0.15) is 0 Å². The number of aromatic hydroxyl groups is 1. The largest absolute Gasteiger partial charge is 0.502 e. The van der Waals surface area contributed by atoms with Crippen molar-refractivity contribution in [1.29, 1.82) is 0 Å². The highest BCUT2D eigenvalue weighted by Gasteiger charge is 2.48. The van der Waals surface area contributed by atoms with Gasteiger partial charge >= 0.3 is 17.7 Å². The first-order valence-corrected chi connectivity index (χ1v) is 5.99. The summed E-state index contributed by atoms with van der Waals surface area (Å²) in [5, 5.41) is 22.4. The van der Waals surface area contributed by atoms with Crippen molar-refractivity contribution in [2.24, 2.45) is 0 Å². The molecule has 0 spiro atoms. The Morgan fingerprint density at radius 1 is 1.52 bits per heavy atom. The Kier molecular flexibility index (Phi) is 4.95. The van der Waals surface area contributed by atoms with Crippen LogP contribution in [0.3, 0.4) is 0 Å². The maximum atomic E-state index is 13.7. The third-order valence-electron chi connectivity index (χ3n) is 2.67. The number of nitro benzene ring substituents is 1. The summed E-state index contributed by atoms with van der Waals surface area (Å²) in [5.74, 6) is -4.44. The maximum Gasteiger partial charge on any atom is 0.408 e. The Morgan fingerprint density at radius 3 is 2.71 bits per heavy atom. The molecule has 1 aliphatic rings. The van der Waals surface area contributed by atoms with Crippen molar-refractivity contribution in [3.8, 4) is 5.75 Å². The topological polar surface area (TPSA) is 102 Å². The molecule has 116 valence electrons. The van der Waals surface area contributed by atoms with Crippen molar-refractivity contribution in [2.75, 3.05) is 6.61 Å². The number of amides is 1. The minimum atomic E-state index is -3.51. The number of alkyl carbamates (subject to hydrolysis) is 1. The molecule has 11 heteroatoms. The first-order chi connectivity index (χ1) is 9.22. The average molecular weight is 390 g/mol. The Morgan fingerprint density at radius 2 is 2.14 bits per heavy atom. The molecule has 0 bridgehead atoms. The molecule has 1 fully saturated rings. The van der Waals surface area contributed by atoms with Gasteiger partial charge in [-0.25, -0.2) is 13.6 Å². The third kappa shape index (κ3) is 3.32. The number of cyclic esters (lactones) is 1. The predicted octanol–water partition coefficient (Wildman–Crippen LogP) is 2.90. The minimum absolute atomic E-state index is 0. The number of hydrogen-bond donors (Lipinski definition) is 2. The van der Waals surface area contributed by atoms with Crippen LogP contribution < -0.4 is 5.32 Å². The molecule has 1 saturated heterocycles. The summed E-state index contributed by atoms with van der Waals surface area (Å²) in [6.07, 6.45) is -1.09. The van der Waals surface area contributed by atoms with E-state index < -0.39 is 46.6 Å². The molecular formula is C10H8BrClF2N2O5. The van der Waals surface area contributed by atoms with E-state index in [9.17, 15) is 28.8 Å². The fourth-order valence-electron chi connectivity index (χ4n) is 1.78. The molecule has 0 aromatic heterocycles. The van der Waals surface area contributed by atoms with Crippen LogP contribution in [0.25, 0.3) is 0 Å². The van der Waals surface area contributed by atoms with Gasteiger partial charge in [-0.05, 0) is 6.07 Å². The molecule has 2 rings (SSSR count). The second-order valence-corrected chi connectivity index (χ2v) is 4.95. The monoisotopic (exact) mass is 388 g/mol. The lowest BCUT2D eigenvalue weighted by Gasteiger charge is -2.32. The van der Waals surface area contributed by atoms with E-state index in [1.807, 2.05) is 5.32 Å². The molecular weight excluding hydrogens is 381 g/mol. The van der Waals surface area contributed by atoms with Crippen molar-refractivity contribution < 1.29 is 28.3 Å². The van der Waals surface area contributed by atoms with Crippen LogP contribution in [0.1, 0.15) is 11.6 Å². The summed E-state index contributed by atoms with van der Waals surface area (Å²) in [5.41, 5.74) is -1.21. The quantitative estimate of drug-likeness (QED) is 0.598. The van der Waals surface area contributed by atoms with Gasteiger partial charge in [-0.1, -0.05) is 15.9 Å². The number of halogens is 4. The number of phenolic OH excluding ortho intramolecular Hbond substituents is 1. The second kappa shape index (κ2) is 5.98. The highest BCUT2D eigenvalue weighted by atomic mass is 79.9. The highest BCUT2D eigenvalue weighted by molar-refractivity contribution is 9.10. The van der Waals surface area contributed by atoms with Gasteiger partial charge in [-0.3, -0.25) is 10.1 Å². The zero-order valence-electron chi connectivity index (χ0n) is 10.0. The molecule has 2 N–H and O–H groups in total. The van der Waals surface area contributed by atoms with Crippen LogP contribution in [-0.4, -0.2) is 28.7 Å². The first kappa shape index (κ1) is 17.4. The molecule has 1 aromatic carbocycles. The van der Waals surface area contributed by atoms with Gasteiger partial charge in [0.15, 0.2) is 12.4 Å². The number of carbonyl (C=O) groups excluding carboxylic acids is 1. The number of carbonyl (C=O) groups is 1. The number of nitrogens with one attached hydrogen (secondary N) is 1. The fraction of sp³-hybridized carbons (Fsp3) is 0.300. The van der Waals surface area contributed by atoms with E-state index in [-0.39, 0.29) is 16.9 Å². The maximum absolute atomic E-state index is 13.7. The Balaban J connectivity index is 0.00000220. The van der Waals surface area contributed by atoms with Crippen LogP contribution in [-0.2, 0) is 4.74 Å². The van der Waals surface area contributed by atoms with Crippen LogP contribution in [0.15, 0.2) is 16.6 Å². The van der Waals surface area contributed by atoms with Gasteiger partial charge in [0.2, 0.25) is 0 Å². The van der Waals surface area contributed by atoms with Gasteiger partial charge in [0.1, 0.15) is 6.04 Å². The number of nitrogens with zero attached hydrogens (tertiary/aromatic N) is 1. The van der Waals surface area contributed by atoms with Gasteiger partial charge in [0, 0.05) is 16.1 Å². The van der Waals surface area contributed by atoms with E-state index in [0.717, 1.165) is 12.1 Å². The molecule has 1 aliphatic heterocycles. The third-order valence-corrected chi connectivity index (χ3v) is 3.13. The fourth-order valence-corrected chi connectivity index (χ4v) is 2.24. The lowest BCUT2D eigenvalue weighted by molar-refractivity contribution is -0.386. The number of phenols is 1. The van der Waals surface area contributed by atoms with E-state index in [1.165, 1.54) is 0 Å². The van der Waals surface area contributed by atoms with Crippen LogP contribution in [0.5, 0.6) is 5.75 Å². The molecule has 0 radical (unpaired) electrons. The zero-order chi connectivity index (χ0) is 15.1. The molecule has 7 nitrogen and oxygen atoms in total. The van der Waals surface area contributed by atoms with Gasteiger partial charge in [0.05, 0.1) is 4.92 Å². The molecule has 1 atom stereocenters. The van der Waals surface area contributed by atoms with Crippen molar-refractivity contribution >= 4 is 40.1 Å². The van der Waals surface area contributed by atoms with E-state index in [0.29, 0.717) is 0 Å². The lowest BCUT2D eigenvalue weighted by Crippen LogP contribution is -2.49. The van der Waals surface area contributed by atoms with Gasteiger partial charge in [-0.15, -0.1) is 12.4 Å². The van der Waals surface area contributed by atoms with Crippen LogP contribution in [0, 0.1) is 10.1 Å². The van der Waals surface area contributed by atoms with Gasteiger partial charge < -0.3 is 15.2 Å². The molecule has 1 amide bonds. The highest BCUT2D eigenvalue weighted by Crippen LogP contribution is 2.43. The minimum Gasteiger partial charge on any atom is -0.502 e. The Labute approximate surface area is 131 Å². The summed E-state index contributed by atoms with van der Waals surface area (Å²) in [7, 11) is 0. The van der Waals surface area contributed by atoms with Crippen molar-refractivity contribution in [2.45, 2.75) is 12.0 Å². The van der Waals surface area contributed by atoms with Gasteiger partial charge in [0.25, 0.3) is 0 Å². The second-order valence-electron chi connectivity index (χ2n) is 4.03. The van der Waals surface area contributed by atoms with Crippen molar-refractivity contribution in [1.82, 2.24) is 5.32 Å². The summed E-state index contributed by atoms with van der Waals surface area (Å²) >= 11 is 2.93. The average Bonchev–Trinajstić information content (AvgIpc) is 2.34. The Hall–Kier alpha value is -1.68. The number of rotatable bonds is 2. The van der Waals surface area contributed by atoms with Crippen LogP contribution in [0.2, 0.25) is 0 Å². The van der Waals surface area contributed by atoms with Crippen LogP contribution >= 0.6 is 28.3 Å². The standard InChI is InChI=1S/C10H7BrF2N2O5.ClH/c11-4-1-5(7(16)6(2-4)15(18)19)8-10(12,13)3-20-9(17)14-8;/h1-2,8,16H,3H2,(H,14,17);1H/t8-;/m0./s1. The number of alkyl halides is 2. The first-order valence-electron chi connectivity index (χ1n) is 5.20. The number of benzene rings is 1. The van der Waals surface area contributed by atoms with Crippen molar-refractivity contribution in [3.63, 3.8) is 0 Å². The number of nitro groups is 1. The molecule has 1 heterocycles. The summed E-state index contributed by atoms with van der Waals surface area (Å²) in [6, 6.07) is 0.130. The Bertz CT molecular complexity index is 601. The summed E-state index contributed by atoms with van der Waals surface area (Å²) in [6.45, 7) is -1.18. The van der Waals surface area contributed by atoms with E-state index in [1.54, 1.807) is 0 Å². The van der Waals surface area contributed by atoms with Crippen LogP contribution in [0.4, 0.5) is 19.3 Å². The smallest absolute Gasteiger partial charge is 0.408 e. The summed E-state index contributed by atoms with van der Waals surface area (Å²) in [4.78, 5) is 20.9. The van der Waals surface area contributed by atoms with E-state index in [4.69, 9.17) is 0 Å². The van der Waals surface area contributed by atoms with E-state index in [2.05, 4.69) is 20.7 Å². The molecule has 0 saturated carbocycles.